The average molecular weight is 763 g/mol. The summed E-state index contributed by atoms with van der Waals surface area (Å²) in [5, 5.41) is 0.448. The quantitative estimate of drug-likeness (QED) is 0.274. The Kier molecular flexibility index (Phi) is 10.00. The highest BCUT2D eigenvalue weighted by Gasteiger charge is 2.53. The van der Waals surface area contributed by atoms with Crippen LogP contribution in [0.15, 0.2) is 48.6 Å². The summed E-state index contributed by atoms with van der Waals surface area (Å²) in [4.78, 5) is 21.7. The number of fused-ring (bicyclic) bond motifs is 6. The zero-order valence-electron chi connectivity index (χ0n) is 32.3. The van der Waals surface area contributed by atoms with Gasteiger partial charge in [-0.1, -0.05) is 36.7 Å². The molecule has 1 amide bonds. The van der Waals surface area contributed by atoms with E-state index in [1.54, 1.807) is 6.07 Å². The van der Waals surface area contributed by atoms with Gasteiger partial charge in [0.2, 0.25) is 0 Å². The average Bonchev–Trinajstić information content (AvgIpc) is 3.67. The number of allylic oxidation sites excluding steroid dienone is 1. The molecule has 1 spiro atoms. The molecular formula is C43H59ClN4O4S. The maximum Gasteiger partial charge on any atom is 0.262 e. The second-order valence-corrected chi connectivity index (χ2v) is 20.5. The highest BCUT2D eigenvalue weighted by molar-refractivity contribution is 7.99. The molecule has 53 heavy (non-hydrogen) atoms. The topological polar surface area (TPSA) is 74.4 Å². The van der Waals surface area contributed by atoms with E-state index >= 15 is 0 Å². The Labute approximate surface area is 322 Å². The predicted molar refractivity (Wildman–Crippen MR) is 217 cm³/mol. The minimum Gasteiger partial charge on any atom is -0.490 e. The lowest BCUT2D eigenvalue weighted by molar-refractivity contribution is -0.0972. The van der Waals surface area contributed by atoms with Crippen LogP contribution in [0.25, 0.3) is 0 Å². The number of likely N-dealkylation sites (tertiary alicyclic amines) is 2. The third-order valence-corrected chi connectivity index (χ3v) is 16.7. The maximum absolute atomic E-state index is 14.1. The Hall–Kier alpha value is -2.56. The number of carbonyl (C=O) groups is 1. The number of nitrogens with one attached hydrogen (secondary N) is 1. The van der Waals surface area contributed by atoms with Gasteiger partial charge in [0.05, 0.1) is 22.0 Å². The van der Waals surface area contributed by atoms with Crippen molar-refractivity contribution >= 4 is 38.8 Å². The summed E-state index contributed by atoms with van der Waals surface area (Å²) in [6, 6.07) is 13.8. The molecule has 0 radical (unpaired) electrons. The molecule has 8 nitrogen and oxygen atoms in total. The number of halogens is 1. The fourth-order valence-corrected chi connectivity index (χ4v) is 12.5. The minimum atomic E-state index is -2.95. The van der Waals surface area contributed by atoms with Crippen LogP contribution in [-0.2, 0) is 26.3 Å². The van der Waals surface area contributed by atoms with Crippen LogP contribution in [0.5, 0.6) is 5.75 Å². The van der Waals surface area contributed by atoms with Gasteiger partial charge in [0, 0.05) is 79.2 Å². The lowest BCUT2D eigenvalue weighted by atomic mass is 9.63. The van der Waals surface area contributed by atoms with Gasteiger partial charge in [-0.15, -0.1) is 0 Å². The van der Waals surface area contributed by atoms with Gasteiger partial charge in [-0.2, -0.15) is 0 Å². The van der Waals surface area contributed by atoms with Crippen molar-refractivity contribution in [3.8, 4) is 5.75 Å². The van der Waals surface area contributed by atoms with E-state index in [1.807, 2.05) is 32.2 Å². The van der Waals surface area contributed by atoms with Gasteiger partial charge in [0.15, 0.2) is 0 Å². The van der Waals surface area contributed by atoms with E-state index in [4.69, 9.17) is 21.1 Å². The molecule has 1 N–H and O–H groups in total. The molecule has 1 unspecified atom stereocenters. The molecule has 8 rings (SSSR count). The molecule has 10 heteroatoms. The Bertz CT molecular complexity index is 1870. The van der Waals surface area contributed by atoms with Crippen LogP contribution in [0.1, 0.15) is 87.7 Å². The van der Waals surface area contributed by atoms with Gasteiger partial charge in [-0.25, -0.2) is 4.21 Å². The van der Waals surface area contributed by atoms with Crippen LogP contribution >= 0.6 is 11.6 Å². The summed E-state index contributed by atoms with van der Waals surface area (Å²) in [6.45, 7) is 14.0. The predicted octanol–water partition coefficient (Wildman–Crippen LogP) is 6.74. The van der Waals surface area contributed by atoms with E-state index < -0.39 is 15.3 Å². The number of aryl methyl sites for hydroxylation is 1. The van der Waals surface area contributed by atoms with Crippen molar-refractivity contribution in [2.45, 2.75) is 107 Å². The molecule has 2 aliphatic carbocycles. The first-order chi connectivity index (χ1) is 25.3. The van der Waals surface area contributed by atoms with Crippen molar-refractivity contribution in [2.75, 3.05) is 51.3 Å². The van der Waals surface area contributed by atoms with E-state index in [1.165, 1.54) is 17.5 Å². The maximum atomic E-state index is 14.1. The zero-order chi connectivity index (χ0) is 37.3. The van der Waals surface area contributed by atoms with Gasteiger partial charge in [0.1, 0.15) is 11.4 Å². The van der Waals surface area contributed by atoms with Crippen LogP contribution < -0.4 is 14.4 Å². The highest BCUT2D eigenvalue weighted by atomic mass is 35.5. The molecule has 0 aromatic heterocycles. The number of amides is 1. The van der Waals surface area contributed by atoms with Gasteiger partial charge in [0.25, 0.3) is 5.91 Å². The van der Waals surface area contributed by atoms with E-state index in [-0.39, 0.29) is 22.5 Å². The monoisotopic (exact) mass is 762 g/mol. The second kappa shape index (κ2) is 14.2. The molecule has 4 aliphatic heterocycles. The summed E-state index contributed by atoms with van der Waals surface area (Å²) in [5.74, 6) is 5.28. The molecule has 4 bridgehead atoms. The molecule has 288 valence electrons. The third-order valence-electron chi connectivity index (χ3n) is 14.3. The molecule has 4 heterocycles. The number of ether oxygens (including phenoxy) is 2. The fourth-order valence-electron chi connectivity index (χ4n) is 10.8. The number of benzene rings is 2. The minimum absolute atomic E-state index is 0.0407. The summed E-state index contributed by atoms with van der Waals surface area (Å²) in [7, 11) is -1.04. The molecule has 2 saturated heterocycles. The zero-order valence-corrected chi connectivity index (χ0v) is 33.9. The summed E-state index contributed by atoms with van der Waals surface area (Å²) >= 11 is 6.53. The Morgan fingerprint density at radius 3 is 2.66 bits per heavy atom. The normalized spacial score (nSPS) is 38.1. The van der Waals surface area contributed by atoms with Crippen molar-refractivity contribution in [3.63, 3.8) is 0 Å². The van der Waals surface area contributed by atoms with Crippen LogP contribution in [0.2, 0.25) is 5.02 Å². The van der Waals surface area contributed by atoms with Crippen molar-refractivity contribution in [1.29, 1.82) is 0 Å². The van der Waals surface area contributed by atoms with Crippen LogP contribution in [0, 0.1) is 17.8 Å². The van der Waals surface area contributed by atoms with E-state index in [0.717, 1.165) is 87.7 Å². The van der Waals surface area contributed by atoms with Gasteiger partial charge in [-0.3, -0.25) is 19.3 Å². The van der Waals surface area contributed by atoms with Crippen LogP contribution in [0.3, 0.4) is 0 Å². The molecule has 2 aromatic carbocycles. The number of anilines is 1. The van der Waals surface area contributed by atoms with Gasteiger partial charge >= 0.3 is 0 Å². The smallest absolute Gasteiger partial charge is 0.262 e. The fraction of sp³-hybridized carbons (Fsp3) is 0.628. The number of hydrogen-bond acceptors (Lipinski definition) is 7. The first kappa shape index (κ1) is 37.4. The lowest BCUT2D eigenvalue weighted by Gasteiger charge is -2.52. The summed E-state index contributed by atoms with van der Waals surface area (Å²) in [6.07, 6.45) is 11.9. The first-order valence-corrected chi connectivity index (χ1v) is 22.2. The Balaban J connectivity index is 1.19. The summed E-state index contributed by atoms with van der Waals surface area (Å²) < 4.78 is 30.5. The standard InChI is InChI=1S/C43H59ClN4O4S/c1-28(2)48-24-35-21-36(48)23-46(35)26-43(51-5)18-7-9-29(3)30(4)53(6,50)45-41(49)32-12-16-40-39(20-32)47(22-33-11-14-38(33)43)25-42(27-52-40)17-8-10-31-19-34(44)13-15-37(31)42/h7,12-13,15-16,18-20,28-30,33,35-36,38H,6,8-11,14,17,21-27H2,1-5H3,(H,45,49,50)/b18-7+/t29-,30+,33-,35-,36-,38+,42-,43-,53?/m0/s1. The molecule has 6 aliphatic rings. The number of methoxy groups -OCH3 is 1. The molecular weight excluding hydrogens is 704 g/mol. The largest absolute Gasteiger partial charge is 0.490 e. The number of carbonyl (C=O) groups excluding carboxylic acids is 1. The van der Waals surface area contributed by atoms with Gasteiger partial charge < -0.3 is 14.4 Å². The van der Waals surface area contributed by atoms with Crippen LogP contribution in [0.4, 0.5) is 5.69 Å². The molecule has 3 fully saturated rings. The third kappa shape index (κ3) is 6.74. The van der Waals surface area contributed by atoms with Crippen molar-refractivity contribution in [1.82, 2.24) is 14.5 Å². The number of nitrogens with zero attached hydrogens (tertiary/aromatic N) is 3. The Morgan fingerprint density at radius 2 is 1.94 bits per heavy atom. The van der Waals surface area contributed by atoms with E-state index in [2.05, 4.69) is 70.3 Å². The molecule has 9 atom stereocenters. The van der Waals surface area contributed by atoms with Crippen LogP contribution in [-0.4, -0.2) is 101 Å². The van der Waals surface area contributed by atoms with Crippen molar-refractivity contribution in [3.05, 3.63) is 70.3 Å². The number of rotatable bonds is 4. The summed E-state index contributed by atoms with van der Waals surface area (Å²) in [5.41, 5.74) is 3.36. The SMILES string of the molecule is C=S1(=O)NC(=O)c2ccc3c(c2)N(C[C@@H]2CC[C@H]2[C@](CN2C[C@@H]4C[C@H]2CN4C(C)C)(OC)/C=C/C[C@H](C)[C@H]1C)C[C@@]1(CCCc2cc(Cl)ccc21)CO3. The van der Waals surface area contributed by atoms with Crippen molar-refractivity contribution in [2.24, 2.45) is 17.8 Å². The number of piperazine rings is 1. The molecule has 1 saturated carbocycles. The Morgan fingerprint density at radius 1 is 1.11 bits per heavy atom. The van der Waals surface area contributed by atoms with Crippen molar-refractivity contribution < 1.29 is 18.5 Å². The highest BCUT2D eigenvalue weighted by Crippen LogP contribution is 2.50. The van der Waals surface area contributed by atoms with Gasteiger partial charge in [-0.05, 0) is 131 Å². The first-order valence-electron chi connectivity index (χ1n) is 20.0. The van der Waals surface area contributed by atoms with E-state index in [0.29, 0.717) is 42.1 Å². The van der Waals surface area contributed by atoms with E-state index in [9.17, 15) is 9.00 Å². The lowest BCUT2D eigenvalue weighted by Crippen LogP contribution is -2.59. The second-order valence-electron chi connectivity index (χ2n) is 17.6. The number of hydrogen-bond donors (Lipinski definition) is 1. The molecule has 2 aromatic rings.